The molecule has 0 spiro atoms. The van der Waals surface area contributed by atoms with Gasteiger partial charge in [-0.25, -0.2) is 0 Å². The van der Waals surface area contributed by atoms with Gasteiger partial charge >= 0.3 is 0 Å². The zero-order chi connectivity index (χ0) is 12.0. The maximum Gasteiger partial charge on any atom is 0.191 e. The molecule has 1 fully saturated rings. The van der Waals surface area contributed by atoms with E-state index in [2.05, 4.69) is 46.0 Å². The molecule has 3 atom stereocenters. The van der Waals surface area contributed by atoms with E-state index in [1.54, 1.807) is 0 Å². The van der Waals surface area contributed by atoms with Crippen LogP contribution in [0.5, 0.6) is 0 Å². The zero-order valence-corrected chi connectivity index (χ0v) is 12.4. The van der Waals surface area contributed by atoms with E-state index >= 15 is 0 Å². The van der Waals surface area contributed by atoms with Gasteiger partial charge in [-0.05, 0) is 48.7 Å². The molecule has 0 aromatic rings. The van der Waals surface area contributed by atoms with Crippen molar-refractivity contribution in [2.75, 3.05) is 6.61 Å². The summed E-state index contributed by atoms with van der Waals surface area (Å²) in [5, 5.41) is 0.348. The number of hydrogen-bond acceptors (Lipinski definition) is 1. The molecule has 0 heterocycles. The molecule has 2 aliphatic rings. The minimum absolute atomic E-state index is 0.348. The van der Waals surface area contributed by atoms with Crippen LogP contribution in [0.3, 0.4) is 0 Å². The van der Waals surface area contributed by atoms with E-state index < -0.39 is 8.32 Å². The SMILES string of the molecule is CC(C)(C)[Si](C)(C)OC[C@H]1C[C@H]2C=C[C@H]1C2. The Balaban J connectivity index is 1.86. The van der Waals surface area contributed by atoms with Gasteiger partial charge in [-0.2, -0.15) is 0 Å². The molecule has 0 unspecified atom stereocenters. The third kappa shape index (κ3) is 2.28. The summed E-state index contributed by atoms with van der Waals surface area (Å²) in [7, 11) is -1.52. The molecule has 0 aromatic heterocycles. The van der Waals surface area contributed by atoms with Gasteiger partial charge in [0.2, 0.25) is 0 Å². The first-order chi connectivity index (χ1) is 7.29. The monoisotopic (exact) mass is 238 g/mol. The fraction of sp³-hybridized carbons (Fsp3) is 0.857. The molecule has 0 aromatic carbocycles. The van der Waals surface area contributed by atoms with E-state index in [9.17, 15) is 0 Å². The van der Waals surface area contributed by atoms with Crippen LogP contribution in [0.15, 0.2) is 12.2 Å². The molecular formula is C14H26OSi. The third-order valence-corrected chi connectivity index (χ3v) is 9.38. The first-order valence-corrected chi connectivity index (χ1v) is 9.53. The molecule has 1 nitrogen and oxygen atoms in total. The first kappa shape index (κ1) is 12.4. The standard InChI is InChI=1S/C14H26OSi/c1-14(2,3)16(4,5)15-10-13-9-11-6-7-12(13)8-11/h6-7,11-13H,8-10H2,1-5H3/t11-,12-,13+/m0/s1. The minimum Gasteiger partial charge on any atom is -0.417 e. The number of fused-ring (bicyclic) bond motifs is 2. The van der Waals surface area contributed by atoms with Crippen molar-refractivity contribution in [3.05, 3.63) is 12.2 Å². The van der Waals surface area contributed by atoms with Crippen LogP contribution < -0.4 is 0 Å². The van der Waals surface area contributed by atoms with Crippen molar-refractivity contribution in [1.82, 2.24) is 0 Å². The molecule has 2 bridgehead atoms. The van der Waals surface area contributed by atoms with Crippen molar-refractivity contribution in [3.8, 4) is 0 Å². The molecular weight excluding hydrogens is 212 g/mol. The average molecular weight is 238 g/mol. The van der Waals surface area contributed by atoms with Gasteiger partial charge < -0.3 is 4.43 Å². The summed E-state index contributed by atoms with van der Waals surface area (Å²) in [5.41, 5.74) is 0. The Kier molecular flexibility index (Phi) is 3.08. The Bertz CT molecular complexity index is 288. The van der Waals surface area contributed by atoms with Crippen LogP contribution in [0.1, 0.15) is 33.6 Å². The highest BCUT2D eigenvalue weighted by Crippen LogP contribution is 2.44. The van der Waals surface area contributed by atoms with E-state index in [-0.39, 0.29) is 0 Å². The quantitative estimate of drug-likeness (QED) is 0.528. The van der Waals surface area contributed by atoms with Crippen LogP contribution in [0.2, 0.25) is 18.1 Å². The second-order valence-electron chi connectivity index (χ2n) is 7.11. The van der Waals surface area contributed by atoms with Crippen molar-refractivity contribution in [1.29, 1.82) is 0 Å². The van der Waals surface area contributed by atoms with Crippen LogP contribution in [0, 0.1) is 17.8 Å². The van der Waals surface area contributed by atoms with Crippen molar-refractivity contribution < 1.29 is 4.43 Å². The summed E-state index contributed by atoms with van der Waals surface area (Å²) in [6.07, 6.45) is 7.60. The van der Waals surface area contributed by atoms with Crippen LogP contribution in [0.25, 0.3) is 0 Å². The number of allylic oxidation sites excluding steroid dienone is 2. The smallest absolute Gasteiger partial charge is 0.191 e. The van der Waals surface area contributed by atoms with Crippen molar-refractivity contribution in [3.63, 3.8) is 0 Å². The van der Waals surface area contributed by atoms with Gasteiger partial charge in [0.15, 0.2) is 8.32 Å². The normalized spacial score (nSPS) is 33.7. The summed E-state index contributed by atoms with van der Waals surface area (Å²) >= 11 is 0. The maximum absolute atomic E-state index is 6.34. The lowest BCUT2D eigenvalue weighted by Crippen LogP contribution is -2.42. The second-order valence-corrected chi connectivity index (χ2v) is 11.9. The highest BCUT2D eigenvalue weighted by atomic mass is 28.4. The van der Waals surface area contributed by atoms with Gasteiger partial charge in [0, 0.05) is 6.61 Å². The lowest BCUT2D eigenvalue weighted by atomic mass is 9.95. The fourth-order valence-electron chi connectivity index (χ4n) is 2.62. The molecule has 2 aliphatic carbocycles. The van der Waals surface area contributed by atoms with Gasteiger partial charge in [0.1, 0.15) is 0 Å². The molecule has 0 saturated heterocycles. The first-order valence-electron chi connectivity index (χ1n) is 6.62. The van der Waals surface area contributed by atoms with Crippen molar-refractivity contribution >= 4 is 8.32 Å². The minimum atomic E-state index is -1.52. The van der Waals surface area contributed by atoms with Gasteiger partial charge in [0.25, 0.3) is 0 Å². The Morgan fingerprint density at radius 3 is 2.31 bits per heavy atom. The number of rotatable bonds is 3. The predicted octanol–water partition coefficient (Wildman–Crippen LogP) is 4.22. The average Bonchev–Trinajstić information content (AvgIpc) is 2.73. The molecule has 16 heavy (non-hydrogen) atoms. The maximum atomic E-state index is 6.34. The van der Waals surface area contributed by atoms with Crippen LogP contribution in [0.4, 0.5) is 0 Å². The topological polar surface area (TPSA) is 9.23 Å². The van der Waals surface area contributed by atoms with Crippen molar-refractivity contribution in [2.45, 2.75) is 51.7 Å². The highest BCUT2D eigenvalue weighted by molar-refractivity contribution is 6.74. The van der Waals surface area contributed by atoms with E-state index in [1.165, 1.54) is 12.8 Å². The lowest BCUT2D eigenvalue weighted by molar-refractivity contribution is 0.209. The predicted molar refractivity (Wildman–Crippen MR) is 72.0 cm³/mol. The van der Waals surface area contributed by atoms with E-state index in [4.69, 9.17) is 4.43 Å². The summed E-state index contributed by atoms with van der Waals surface area (Å²) in [4.78, 5) is 0. The molecule has 0 radical (unpaired) electrons. The van der Waals surface area contributed by atoms with Crippen LogP contribution in [-0.4, -0.2) is 14.9 Å². The number of hydrogen-bond donors (Lipinski definition) is 0. The molecule has 2 rings (SSSR count). The van der Waals surface area contributed by atoms with E-state index in [0.29, 0.717) is 5.04 Å². The van der Waals surface area contributed by atoms with Crippen LogP contribution in [-0.2, 0) is 4.43 Å². The van der Waals surface area contributed by atoms with E-state index in [1.807, 2.05) is 0 Å². The molecule has 2 heteroatoms. The van der Waals surface area contributed by atoms with E-state index in [0.717, 1.165) is 24.4 Å². The Morgan fingerprint density at radius 2 is 1.88 bits per heavy atom. The van der Waals surface area contributed by atoms with Gasteiger partial charge in [-0.15, -0.1) is 0 Å². The summed E-state index contributed by atoms with van der Waals surface area (Å²) in [5.74, 6) is 2.51. The Hall–Kier alpha value is -0.0831. The Labute approximate surface area is 101 Å². The molecule has 1 saturated carbocycles. The van der Waals surface area contributed by atoms with Crippen molar-refractivity contribution in [2.24, 2.45) is 17.8 Å². The van der Waals surface area contributed by atoms with Gasteiger partial charge in [0.05, 0.1) is 0 Å². The zero-order valence-electron chi connectivity index (χ0n) is 11.4. The Morgan fingerprint density at radius 1 is 1.19 bits per heavy atom. The molecule has 0 amide bonds. The lowest BCUT2D eigenvalue weighted by Gasteiger charge is -2.37. The summed E-state index contributed by atoms with van der Waals surface area (Å²) in [6, 6.07) is 0. The highest BCUT2D eigenvalue weighted by Gasteiger charge is 2.40. The summed E-state index contributed by atoms with van der Waals surface area (Å²) < 4.78 is 6.34. The second kappa shape index (κ2) is 3.99. The largest absolute Gasteiger partial charge is 0.417 e. The van der Waals surface area contributed by atoms with Crippen LogP contribution >= 0.6 is 0 Å². The third-order valence-electron chi connectivity index (χ3n) is 4.88. The molecule has 0 aliphatic heterocycles. The fourth-order valence-corrected chi connectivity index (χ4v) is 3.68. The molecule has 0 N–H and O–H groups in total. The van der Waals surface area contributed by atoms with Gasteiger partial charge in [-0.1, -0.05) is 32.9 Å². The summed E-state index contributed by atoms with van der Waals surface area (Å²) in [6.45, 7) is 12.7. The molecule has 92 valence electrons. The van der Waals surface area contributed by atoms with Gasteiger partial charge in [-0.3, -0.25) is 0 Å².